The highest BCUT2D eigenvalue weighted by Gasteiger charge is 2.32. The predicted octanol–water partition coefficient (Wildman–Crippen LogP) is 3.99. The number of carbonyl (C=O) groups excluding carboxylic acids is 1. The summed E-state index contributed by atoms with van der Waals surface area (Å²) >= 11 is 0. The van der Waals surface area contributed by atoms with E-state index >= 15 is 0 Å². The van der Waals surface area contributed by atoms with E-state index in [0.717, 1.165) is 5.56 Å². The van der Waals surface area contributed by atoms with Crippen LogP contribution in [-0.2, 0) is 17.1 Å². The SMILES string of the molecule is CC(=O)Cc1cccc(OCC(F)(F)c2ccccc2)c1. The minimum Gasteiger partial charge on any atom is -0.487 e. The van der Waals surface area contributed by atoms with Gasteiger partial charge < -0.3 is 4.74 Å². The molecule has 0 bridgehead atoms. The molecule has 0 saturated heterocycles. The van der Waals surface area contributed by atoms with Gasteiger partial charge in [0.15, 0.2) is 6.61 Å². The number of rotatable bonds is 6. The Balaban J connectivity index is 2.04. The Morgan fingerprint density at radius 3 is 2.48 bits per heavy atom. The van der Waals surface area contributed by atoms with Crippen molar-refractivity contribution >= 4 is 5.78 Å². The summed E-state index contributed by atoms with van der Waals surface area (Å²) in [5, 5.41) is 0. The van der Waals surface area contributed by atoms with Gasteiger partial charge >= 0.3 is 5.92 Å². The second-order valence-electron chi connectivity index (χ2n) is 4.89. The van der Waals surface area contributed by atoms with Gasteiger partial charge in [-0.05, 0) is 24.6 Å². The third-order valence-corrected chi connectivity index (χ3v) is 2.97. The smallest absolute Gasteiger partial charge is 0.306 e. The van der Waals surface area contributed by atoms with Gasteiger partial charge in [-0.3, -0.25) is 4.79 Å². The first-order valence-electron chi connectivity index (χ1n) is 6.62. The van der Waals surface area contributed by atoms with Crippen LogP contribution in [0.4, 0.5) is 8.78 Å². The summed E-state index contributed by atoms with van der Waals surface area (Å²) in [6.45, 7) is 0.748. The number of alkyl halides is 2. The summed E-state index contributed by atoms with van der Waals surface area (Å²) < 4.78 is 33.1. The van der Waals surface area contributed by atoms with Crippen LogP contribution in [0.5, 0.6) is 5.75 Å². The van der Waals surface area contributed by atoms with Gasteiger partial charge in [-0.2, -0.15) is 8.78 Å². The highest BCUT2D eigenvalue weighted by atomic mass is 19.3. The molecule has 0 N–H and O–H groups in total. The minimum absolute atomic E-state index is 0.0155. The number of hydrogen-bond donors (Lipinski definition) is 0. The summed E-state index contributed by atoms with van der Waals surface area (Å²) in [5.41, 5.74) is 0.674. The molecule has 2 aromatic rings. The zero-order valence-electron chi connectivity index (χ0n) is 11.7. The van der Waals surface area contributed by atoms with E-state index in [4.69, 9.17) is 4.74 Å². The monoisotopic (exact) mass is 290 g/mol. The second kappa shape index (κ2) is 6.48. The summed E-state index contributed by atoms with van der Waals surface area (Å²) in [7, 11) is 0. The molecule has 0 fully saturated rings. The van der Waals surface area contributed by atoms with Gasteiger partial charge in [-0.25, -0.2) is 0 Å². The van der Waals surface area contributed by atoms with Gasteiger partial charge in [0.2, 0.25) is 0 Å². The average Bonchev–Trinajstić information content (AvgIpc) is 2.46. The van der Waals surface area contributed by atoms with E-state index in [9.17, 15) is 13.6 Å². The van der Waals surface area contributed by atoms with Gasteiger partial charge in [0, 0.05) is 12.0 Å². The number of ketones is 1. The van der Waals surface area contributed by atoms with Crippen molar-refractivity contribution in [3.8, 4) is 5.75 Å². The van der Waals surface area contributed by atoms with E-state index in [2.05, 4.69) is 0 Å². The third kappa shape index (κ3) is 4.38. The number of ether oxygens (including phenoxy) is 1. The highest BCUT2D eigenvalue weighted by Crippen LogP contribution is 2.28. The van der Waals surface area contributed by atoms with Crippen molar-refractivity contribution in [2.24, 2.45) is 0 Å². The zero-order chi connectivity index (χ0) is 15.3. The maximum Gasteiger partial charge on any atom is 0.306 e. The molecule has 110 valence electrons. The number of hydrogen-bond acceptors (Lipinski definition) is 2. The Morgan fingerprint density at radius 2 is 1.81 bits per heavy atom. The minimum atomic E-state index is -3.06. The van der Waals surface area contributed by atoms with Crippen LogP contribution >= 0.6 is 0 Å². The standard InChI is InChI=1S/C17H16F2O2/c1-13(20)10-14-6-5-9-16(11-14)21-12-17(18,19)15-7-3-2-4-8-15/h2-9,11H,10,12H2,1H3. The molecule has 0 heterocycles. The molecule has 2 nitrogen and oxygen atoms in total. The predicted molar refractivity (Wildman–Crippen MR) is 76.7 cm³/mol. The molecule has 2 rings (SSSR count). The molecule has 0 unspecified atom stereocenters. The van der Waals surface area contributed by atoms with Crippen LogP contribution in [0.1, 0.15) is 18.1 Å². The van der Waals surface area contributed by atoms with Crippen molar-refractivity contribution in [3.05, 3.63) is 65.7 Å². The molecule has 0 aromatic heterocycles. The van der Waals surface area contributed by atoms with Crippen molar-refractivity contribution in [1.29, 1.82) is 0 Å². The summed E-state index contributed by atoms with van der Waals surface area (Å²) in [6, 6.07) is 14.2. The van der Waals surface area contributed by atoms with Gasteiger partial charge in [-0.1, -0.05) is 42.5 Å². The number of halogens is 2. The van der Waals surface area contributed by atoms with E-state index in [-0.39, 0.29) is 17.8 Å². The molecule has 0 saturated carbocycles. The molecule has 0 amide bonds. The Kier molecular flexibility index (Phi) is 4.68. The van der Waals surface area contributed by atoms with E-state index in [1.807, 2.05) is 0 Å². The Hall–Kier alpha value is -2.23. The topological polar surface area (TPSA) is 26.3 Å². The highest BCUT2D eigenvalue weighted by molar-refractivity contribution is 5.78. The van der Waals surface area contributed by atoms with Crippen LogP contribution in [0, 0.1) is 0 Å². The maximum absolute atomic E-state index is 14.0. The first-order chi connectivity index (χ1) is 9.97. The fraction of sp³-hybridized carbons (Fsp3) is 0.235. The number of carbonyl (C=O) groups is 1. The molecule has 0 aliphatic carbocycles. The zero-order valence-corrected chi connectivity index (χ0v) is 11.7. The summed E-state index contributed by atoms with van der Waals surface area (Å²) in [5.74, 6) is -2.70. The molecule has 4 heteroatoms. The van der Waals surface area contributed by atoms with Crippen molar-refractivity contribution in [3.63, 3.8) is 0 Å². The van der Waals surface area contributed by atoms with Crippen LogP contribution in [0.15, 0.2) is 54.6 Å². The fourth-order valence-electron chi connectivity index (χ4n) is 1.97. The number of benzene rings is 2. The van der Waals surface area contributed by atoms with E-state index < -0.39 is 12.5 Å². The maximum atomic E-state index is 14.0. The van der Waals surface area contributed by atoms with Crippen molar-refractivity contribution in [1.82, 2.24) is 0 Å². The Bertz CT molecular complexity index is 609. The summed E-state index contributed by atoms with van der Waals surface area (Å²) in [6.07, 6.45) is 0.270. The molecule has 0 radical (unpaired) electrons. The van der Waals surface area contributed by atoms with Gasteiger partial charge in [0.25, 0.3) is 0 Å². The van der Waals surface area contributed by atoms with Crippen molar-refractivity contribution < 1.29 is 18.3 Å². The lowest BCUT2D eigenvalue weighted by atomic mass is 10.1. The molecule has 0 aliphatic heterocycles. The van der Waals surface area contributed by atoms with Crippen LogP contribution in [0.2, 0.25) is 0 Å². The molecule has 21 heavy (non-hydrogen) atoms. The van der Waals surface area contributed by atoms with Crippen LogP contribution in [-0.4, -0.2) is 12.4 Å². The fourth-order valence-corrected chi connectivity index (χ4v) is 1.97. The number of Topliss-reactive ketones (excluding diaryl/α,β-unsaturated/α-hetero) is 1. The molecule has 0 aliphatic rings. The molecular weight excluding hydrogens is 274 g/mol. The Morgan fingerprint density at radius 1 is 1.10 bits per heavy atom. The quantitative estimate of drug-likeness (QED) is 0.804. The van der Waals surface area contributed by atoms with E-state index in [0.29, 0.717) is 5.75 Å². The second-order valence-corrected chi connectivity index (χ2v) is 4.89. The van der Waals surface area contributed by atoms with Gasteiger partial charge in [0.1, 0.15) is 11.5 Å². The van der Waals surface area contributed by atoms with Crippen LogP contribution in [0.25, 0.3) is 0 Å². The van der Waals surface area contributed by atoms with Gasteiger partial charge in [-0.15, -0.1) is 0 Å². The first kappa shape index (κ1) is 15.2. The average molecular weight is 290 g/mol. The lowest BCUT2D eigenvalue weighted by Crippen LogP contribution is -2.23. The molecule has 2 aromatic carbocycles. The van der Waals surface area contributed by atoms with E-state index in [1.165, 1.54) is 19.1 Å². The third-order valence-electron chi connectivity index (χ3n) is 2.97. The van der Waals surface area contributed by atoms with Crippen molar-refractivity contribution in [2.45, 2.75) is 19.3 Å². The Labute approximate surface area is 122 Å². The molecular formula is C17H16F2O2. The summed E-state index contributed by atoms with van der Waals surface area (Å²) in [4.78, 5) is 11.1. The molecule has 0 spiro atoms. The van der Waals surface area contributed by atoms with Gasteiger partial charge in [0.05, 0.1) is 0 Å². The lowest BCUT2D eigenvalue weighted by molar-refractivity contribution is -0.116. The normalized spacial score (nSPS) is 11.2. The first-order valence-corrected chi connectivity index (χ1v) is 6.62. The largest absolute Gasteiger partial charge is 0.487 e. The molecule has 0 atom stereocenters. The van der Waals surface area contributed by atoms with Crippen LogP contribution < -0.4 is 4.74 Å². The van der Waals surface area contributed by atoms with E-state index in [1.54, 1.807) is 42.5 Å². The lowest BCUT2D eigenvalue weighted by Gasteiger charge is -2.17. The van der Waals surface area contributed by atoms with Crippen molar-refractivity contribution in [2.75, 3.05) is 6.61 Å². The van der Waals surface area contributed by atoms with Crippen LogP contribution in [0.3, 0.4) is 0 Å².